The summed E-state index contributed by atoms with van der Waals surface area (Å²) in [6.07, 6.45) is 1.88. The van der Waals surface area contributed by atoms with E-state index in [2.05, 4.69) is 5.32 Å². The van der Waals surface area contributed by atoms with Gasteiger partial charge in [-0.1, -0.05) is 0 Å². The van der Waals surface area contributed by atoms with Crippen molar-refractivity contribution in [1.29, 1.82) is 0 Å². The maximum absolute atomic E-state index is 12.3. The van der Waals surface area contributed by atoms with E-state index in [1.165, 1.54) is 17.8 Å². The Morgan fingerprint density at radius 2 is 1.96 bits per heavy atom. The van der Waals surface area contributed by atoms with Crippen LogP contribution in [0.15, 0.2) is 21.3 Å². The predicted molar refractivity (Wildman–Crippen MR) is 99.9 cm³/mol. The second-order valence-electron chi connectivity index (χ2n) is 6.00. The molecule has 1 amide bonds. The number of carboxylic acid groups (broad SMARTS) is 1. The number of phenolic OH excluding ortho intramolecular Hbond substituents is 1. The largest absolute Gasteiger partial charge is 0.508 e. The number of phenols is 1. The highest BCUT2D eigenvalue weighted by Crippen LogP contribution is 2.28. The van der Waals surface area contributed by atoms with Crippen molar-refractivity contribution in [3.63, 3.8) is 0 Å². The predicted octanol–water partition coefficient (Wildman–Crippen LogP) is 1.98. The van der Waals surface area contributed by atoms with Crippen molar-refractivity contribution in [3.8, 4) is 5.75 Å². The van der Waals surface area contributed by atoms with Gasteiger partial charge in [-0.05, 0) is 50.0 Å². The van der Waals surface area contributed by atoms with Crippen molar-refractivity contribution < 1.29 is 24.2 Å². The Bertz CT molecular complexity index is 905. The zero-order chi connectivity index (χ0) is 19.4. The number of hydrogen-bond acceptors (Lipinski definition) is 6. The van der Waals surface area contributed by atoms with Gasteiger partial charge < -0.3 is 19.9 Å². The molecule has 0 unspecified atom stereocenters. The van der Waals surface area contributed by atoms with Crippen LogP contribution < -0.4 is 10.9 Å². The average Bonchev–Trinajstić information content (AvgIpc) is 2.58. The van der Waals surface area contributed by atoms with Crippen LogP contribution in [0.1, 0.15) is 23.1 Å². The molecule has 8 heteroatoms. The first-order chi connectivity index (χ1) is 12.3. The van der Waals surface area contributed by atoms with E-state index in [0.717, 1.165) is 0 Å². The number of aryl methyl sites for hydroxylation is 2. The first-order valence-electron chi connectivity index (χ1n) is 8.02. The minimum Gasteiger partial charge on any atom is -0.508 e. The van der Waals surface area contributed by atoms with Gasteiger partial charge in [0.25, 0.3) is 0 Å². The molecule has 1 aromatic carbocycles. The maximum atomic E-state index is 12.3. The van der Waals surface area contributed by atoms with Gasteiger partial charge >= 0.3 is 11.6 Å². The minimum atomic E-state index is -1.11. The van der Waals surface area contributed by atoms with Crippen molar-refractivity contribution in [2.45, 2.75) is 32.7 Å². The maximum Gasteiger partial charge on any atom is 0.340 e. The number of aliphatic carboxylic acids is 1. The fraction of sp³-hybridized carbons (Fsp3) is 0.389. The van der Waals surface area contributed by atoms with Crippen molar-refractivity contribution in [2.24, 2.45) is 0 Å². The molecule has 0 aliphatic heterocycles. The first kappa shape index (κ1) is 19.8. The van der Waals surface area contributed by atoms with Crippen LogP contribution >= 0.6 is 11.8 Å². The summed E-state index contributed by atoms with van der Waals surface area (Å²) in [5.41, 5.74) is 0.802. The Labute approximate surface area is 154 Å². The number of carbonyl (C=O) groups excluding carboxylic acids is 1. The molecule has 140 valence electrons. The van der Waals surface area contributed by atoms with Gasteiger partial charge in [0, 0.05) is 10.9 Å². The number of nitrogens with one attached hydrogen (secondary N) is 1. The molecular weight excluding hydrogens is 358 g/mol. The Morgan fingerprint density at radius 1 is 1.27 bits per heavy atom. The molecule has 0 saturated heterocycles. The summed E-state index contributed by atoms with van der Waals surface area (Å²) in [6, 6.07) is 2.12. The fourth-order valence-electron chi connectivity index (χ4n) is 2.68. The third kappa shape index (κ3) is 4.19. The van der Waals surface area contributed by atoms with E-state index >= 15 is 0 Å². The van der Waals surface area contributed by atoms with Gasteiger partial charge in [0.15, 0.2) is 0 Å². The second kappa shape index (κ2) is 8.27. The zero-order valence-electron chi connectivity index (χ0n) is 14.8. The highest BCUT2D eigenvalue weighted by atomic mass is 32.2. The molecule has 0 spiro atoms. The molecule has 0 bridgehead atoms. The molecule has 26 heavy (non-hydrogen) atoms. The molecule has 0 saturated carbocycles. The van der Waals surface area contributed by atoms with Crippen LogP contribution in [-0.2, 0) is 16.0 Å². The molecule has 1 atom stereocenters. The molecule has 7 nitrogen and oxygen atoms in total. The van der Waals surface area contributed by atoms with E-state index < -0.39 is 23.5 Å². The van der Waals surface area contributed by atoms with E-state index in [4.69, 9.17) is 4.42 Å². The number of thioether (sulfide) groups is 1. The molecule has 3 N–H and O–H groups in total. The summed E-state index contributed by atoms with van der Waals surface area (Å²) >= 11 is 1.49. The molecule has 0 radical (unpaired) electrons. The van der Waals surface area contributed by atoms with Gasteiger partial charge in [0.2, 0.25) is 5.91 Å². The van der Waals surface area contributed by atoms with Crippen LogP contribution in [0.2, 0.25) is 0 Å². The van der Waals surface area contributed by atoms with Gasteiger partial charge in [-0.15, -0.1) is 0 Å². The third-order valence-corrected chi connectivity index (χ3v) is 4.90. The summed E-state index contributed by atoms with van der Waals surface area (Å²) < 4.78 is 5.29. The topological polar surface area (TPSA) is 117 Å². The number of carboxylic acids is 1. The van der Waals surface area contributed by atoms with Gasteiger partial charge in [-0.2, -0.15) is 11.8 Å². The molecule has 1 heterocycles. The fourth-order valence-corrected chi connectivity index (χ4v) is 3.15. The van der Waals surface area contributed by atoms with Gasteiger partial charge in [-0.3, -0.25) is 4.79 Å². The summed E-state index contributed by atoms with van der Waals surface area (Å²) in [5, 5.41) is 22.0. The number of hydrogen-bond donors (Lipinski definition) is 3. The summed E-state index contributed by atoms with van der Waals surface area (Å²) in [7, 11) is 0. The zero-order valence-corrected chi connectivity index (χ0v) is 15.6. The normalized spacial score (nSPS) is 12.1. The second-order valence-corrected chi connectivity index (χ2v) is 6.98. The van der Waals surface area contributed by atoms with Crippen LogP contribution in [0.5, 0.6) is 5.75 Å². The van der Waals surface area contributed by atoms with Crippen molar-refractivity contribution in [3.05, 3.63) is 39.2 Å². The van der Waals surface area contributed by atoms with Crippen molar-refractivity contribution in [1.82, 2.24) is 5.32 Å². The summed E-state index contributed by atoms with van der Waals surface area (Å²) in [5.74, 6) is -1.05. The Kier molecular flexibility index (Phi) is 6.31. The molecule has 1 aromatic heterocycles. The molecule has 0 fully saturated rings. The van der Waals surface area contributed by atoms with Crippen LogP contribution in [0.3, 0.4) is 0 Å². The highest BCUT2D eigenvalue weighted by molar-refractivity contribution is 7.98. The Morgan fingerprint density at radius 3 is 2.58 bits per heavy atom. The molecule has 2 rings (SSSR count). The lowest BCUT2D eigenvalue weighted by atomic mass is 10.0. The Hall–Kier alpha value is -2.48. The van der Waals surface area contributed by atoms with Crippen LogP contribution in [0.4, 0.5) is 0 Å². The van der Waals surface area contributed by atoms with E-state index in [0.29, 0.717) is 28.7 Å². The monoisotopic (exact) mass is 379 g/mol. The summed E-state index contributed by atoms with van der Waals surface area (Å²) in [4.78, 5) is 35.8. The number of aromatic hydroxyl groups is 1. The van der Waals surface area contributed by atoms with Gasteiger partial charge in [0.1, 0.15) is 17.4 Å². The van der Waals surface area contributed by atoms with E-state index in [1.54, 1.807) is 19.9 Å². The van der Waals surface area contributed by atoms with Crippen LogP contribution in [-0.4, -0.2) is 40.1 Å². The number of fused-ring (bicyclic) bond motifs is 1. The average molecular weight is 379 g/mol. The SMILES string of the molecule is CSCC[C@H](NC(=O)Cc1c(C)c2ccc(O)c(C)c2oc1=O)C(=O)O. The van der Waals surface area contributed by atoms with E-state index in [1.807, 2.05) is 6.26 Å². The molecular formula is C18H21NO6S. The van der Waals surface area contributed by atoms with E-state index in [-0.39, 0.29) is 23.3 Å². The molecule has 0 aliphatic carbocycles. The Balaban J connectivity index is 2.30. The standard InChI is InChI=1S/C18H21NO6S/c1-9-11-4-5-14(20)10(2)16(11)25-18(24)12(9)8-15(21)19-13(17(22)23)6-7-26-3/h4-5,13,20H,6-8H2,1-3H3,(H,19,21)(H,22,23)/t13-/m0/s1. The van der Waals surface area contributed by atoms with E-state index in [9.17, 15) is 24.6 Å². The number of benzene rings is 1. The van der Waals surface area contributed by atoms with Crippen LogP contribution in [0.25, 0.3) is 11.0 Å². The quantitative estimate of drug-likeness (QED) is 0.630. The van der Waals surface area contributed by atoms with Gasteiger partial charge in [-0.25, -0.2) is 9.59 Å². The number of carbonyl (C=O) groups is 2. The van der Waals surface area contributed by atoms with Crippen LogP contribution in [0, 0.1) is 13.8 Å². The number of amides is 1. The summed E-state index contributed by atoms with van der Waals surface area (Å²) in [6.45, 7) is 3.33. The lowest BCUT2D eigenvalue weighted by molar-refractivity contribution is -0.141. The lowest BCUT2D eigenvalue weighted by Crippen LogP contribution is -2.42. The number of rotatable bonds is 7. The van der Waals surface area contributed by atoms with Crippen molar-refractivity contribution in [2.75, 3.05) is 12.0 Å². The first-order valence-corrected chi connectivity index (χ1v) is 9.41. The smallest absolute Gasteiger partial charge is 0.340 e. The van der Waals surface area contributed by atoms with Gasteiger partial charge in [0.05, 0.1) is 12.0 Å². The highest BCUT2D eigenvalue weighted by Gasteiger charge is 2.22. The third-order valence-electron chi connectivity index (χ3n) is 4.26. The molecule has 2 aromatic rings. The lowest BCUT2D eigenvalue weighted by Gasteiger charge is -2.15. The minimum absolute atomic E-state index is 0.0173. The van der Waals surface area contributed by atoms with Crippen molar-refractivity contribution >= 4 is 34.6 Å². The molecule has 0 aliphatic rings.